The van der Waals surface area contributed by atoms with Crippen LogP contribution in [0.4, 0.5) is 0 Å². The quantitative estimate of drug-likeness (QED) is 0.462. The first-order valence-corrected chi connectivity index (χ1v) is 7.47. The highest BCUT2D eigenvalue weighted by Gasteiger charge is 2.26. The summed E-state index contributed by atoms with van der Waals surface area (Å²) in [4.78, 5) is 45.5. The molecule has 0 aromatic heterocycles. The number of hydrogen-bond acceptors (Lipinski definition) is 5. The van der Waals surface area contributed by atoms with Gasteiger partial charge in [0, 0.05) is 6.42 Å². The average molecular weight is 329 g/mol. The number of nitrogens with two attached hydrogens (primary N) is 1. The van der Waals surface area contributed by atoms with Crippen molar-refractivity contribution < 1.29 is 24.3 Å². The summed E-state index contributed by atoms with van der Waals surface area (Å²) in [7, 11) is 0. The Hall–Kier alpha value is -1.96. The van der Waals surface area contributed by atoms with E-state index in [0.717, 1.165) is 0 Å². The van der Waals surface area contributed by atoms with Crippen LogP contribution in [-0.2, 0) is 19.2 Å². The van der Waals surface area contributed by atoms with Gasteiger partial charge in [0.2, 0.25) is 11.8 Å². The smallest absolute Gasteiger partial charge is 0.322 e. The van der Waals surface area contributed by atoms with Crippen LogP contribution in [0.15, 0.2) is 0 Å². The van der Waals surface area contributed by atoms with Crippen molar-refractivity contribution in [2.24, 2.45) is 11.1 Å². The van der Waals surface area contributed by atoms with Gasteiger partial charge in [0.1, 0.15) is 18.4 Å². The van der Waals surface area contributed by atoms with Gasteiger partial charge in [0.05, 0.1) is 6.04 Å². The van der Waals surface area contributed by atoms with Gasteiger partial charge in [-0.15, -0.1) is 0 Å². The minimum Gasteiger partial charge on any atom is -0.480 e. The van der Waals surface area contributed by atoms with Crippen molar-refractivity contribution in [1.29, 1.82) is 0 Å². The van der Waals surface area contributed by atoms with Gasteiger partial charge in [0.25, 0.3) is 0 Å². The van der Waals surface area contributed by atoms with Crippen molar-refractivity contribution in [2.75, 3.05) is 6.54 Å². The minimum absolute atomic E-state index is 0.0214. The largest absolute Gasteiger partial charge is 0.480 e. The lowest BCUT2D eigenvalue weighted by atomic mass is 9.87. The number of amides is 2. The first-order chi connectivity index (χ1) is 10.4. The molecule has 0 radical (unpaired) electrons. The molecule has 0 saturated carbocycles. The lowest BCUT2D eigenvalue weighted by molar-refractivity contribution is -0.138. The lowest BCUT2D eigenvalue weighted by Crippen LogP contribution is -2.49. The maximum Gasteiger partial charge on any atom is 0.322 e. The Morgan fingerprint density at radius 3 is 2.17 bits per heavy atom. The molecule has 0 aromatic carbocycles. The monoisotopic (exact) mass is 329 g/mol. The maximum atomic E-state index is 12.0. The van der Waals surface area contributed by atoms with Crippen molar-refractivity contribution >= 4 is 23.6 Å². The van der Waals surface area contributed by atoms with Crippen molar-refractivity contribution in [3.05, 3.63) is 0 Å². The third-order valence-corrected chi connectivity index (χ3v) is 3.09. The van der Waals surface area contributed by atoms with Crippen LogP contribution < -0.4 is 16.4 Å². The molecule has 132 valence electrons. The molecule has 0 heterocycles. The fraction of sp³-hybridized carbons (Fsp3) is 0.733. The Labute approximate surface area is 136 Å². The van der Waals surface area contributed by atoms with E-state index in [4.69, 9.17) is 10.8 Å². The van der Waals surface area contributed by atoms with E-state index >= 15 is 0 Å². The number of nitrogens with one attached hydrogen (secondary N) is 2. The van der Waals surface area contributed by atoms with E-state index in [0.29, 0.717) is 6.42 Å². The van der Waals surface area contributed by atoms with Crippen molar-refractivity contribution in [3.8, 4) is 0 Å². The molecule has 0 unspecified atom stereocenters. The predicted octanol–water partition coefficient (Wildman–Crippen LogP) is -0.195. The van der Waals surface area contributed by atoms with E-state index < -0.39 is 36.4 Å². The van der Waals surface area contributed by atoms with Crippen LogP contribution in [0.2, 0.25) is 0 Å². The van der Waals surface area contributed by atoms with E-state index in [1.807, 2.05) is 20.8 Å². The molecular formula is C15H27N3O5. The molecule has 2 atom stereocenters. The van der Waals surface area contributed by atoms with E-state index in [1.54, 1.807) is 0 Å². The summed E-state index contributed by atoms with van der Waals surface area (Å²) < 4.78 is 0. The number of Topliss-reactive ketones (excluding diaryl/α,β-unsaturated/α-hetero) is 1. The summed E-state index contributed by atoms with van der Waals surface area (Å²) in [5, 5.41) is 13.4. The normalized spacial score (nSPS) is 13.8. The minimum atomic E-state index is -1.16. The summed E-state index contributed by atoms with van der Waals surface area (Å²) in [6, 6.07) is -1.54. The SMILES string of the molecule is CC(=O)[C@@H](N)CCC(=O)N[C@@H](CC(C)(C)C)C(=O)NCC(=O)O. The van der Waals surface area contributed by atoms with Crippen LogP contribution in [0.1, 0.15) is 47.0 Å². The number of ketones is 1. The molecule has 8 nitrogen and oxygen atoms in total. The number of hydrogen-bond donors (Lipinski definition) is 4. The average Bonchev–Trinajstić information content (AvgIpc) is 2.39. The number of rotatable bonds is 9. The van der Waals surface area contributed by atoms with Gasteiger partial charge in [0.15, 0.2) is 0 Å². The summed E-state index contributed by atoms with van der Waals surface area (Å²) in [5.41, 5.74) is 5.32. The molecule has 0 aliphatic rings. The van der Waals surface area contributed by atoms with E-state index in [9.17, 15) is 19.2 Å². The molecule has 0 saturated heterocycles. The van der Waals surface area contributed by atoms with Crippen molar-refractivity contribution in [2.45, 2.75) is 59.0 Å². The molecule has 8 heteroatoms. The molecule has 0 aliphatic heterocycles. The first kappa shape index (κ1) is 21.0. The van der Waals surface area contributed by atoms with Gasteiger partial charge in [-0.1, -0.05) is 20.8 Å². The van der Waals surface area contributed by atoms with Crippen LogP contribution in [0.25, 0.3) is 0 Å². The van der Waals surface area contributed by atoms with E-state index in [2.05, 4.69) is 10.6 Å². The van der Waals surface area contributed by atoms with Crippen molar-refractivity contribution in [3.63, 3.8) is 0 Å². The van der Waals surface area contributed by atoms with Crippen LogP contribution in [-0.4, -0.2) is 47.3 Å². The van der Waals surface area contributed by atoms with Gasteiger partial charge < -0.3 is 21.5 Å². The molecule has 0 fully saturated rings. The first-order valence-electron chi connectivity index (χ1n) is 7.47. The van der Waals surface area contributed by atoms with Crippen molar-refractivity contribution in [1.82, 2.24) is 10.6 Å². The second-order valence-electron chi connectivity index (χ2n) is 6.75. The second-order valence-corrected chi connectivity index (χ2v) is 6.75. The standard InChI is InChI=1S/C15H27N3O5/c1-9(19)10(16)5-6-12(20)18-11(7-15(2,3)4)14(23)17-8-13(21)22/h10-11H,5-8,16H2,1-4H3,(H,17,23)(H,18,20)(H,21,22)/t10-,11-/m0/s1. The fourth-order valence-electron chi connectivity index (χ4n) is 1.86. The molecule has 0 aliphatic carbocycles. The third-order valence-electron chi connectivity index (χ3n) is 3.09. The molecule has 0 spiro atoms. The zero-order chi connectivity index (χ0) is 18.2. The predicted molar refractivity (Wildman–Crippen MR) is 84.5 cm³/mol. The maximum absolute atomic E-state index is 12.0. The van der Waals surface area contributed by atoms with Gasteiger partial charge in [-0.2, -0.15) is 0 Å². The second kappa shape index (κ2) is 9.24. The van der Waals surface area contributed by atoms with Crippen LogP contribution in [0, 0.1) is 5.41 Å². The number of carboxylic acids is 1. The lowest BCUT2D eigenvalue weighted by Gasteiger charge is -2.26. The molecule has 0 aromatic rings. The number of carbonyl (C=O) groups excluding carboxylic acids is 3. The van der Waals surface area contributed by atoms with Gasteiger partial charge >= 0.3 is 5.97 Å². The molecule has 5 N–H and O–H groups in total. The molecule has 0 rings (SSSR count). The zero-order valence-electron chi connectivity index (χ0n) is 14.1. The third kappa shape index (κ3) is 10.4. The summed E-state index contributed by atoms with van der Waals surface area (Å²) in [6.07, 6.45) is 0.566. The topological polar surface area (TPSA) is 139 Å². The molecular weight excluding hydrogens is 302 g/mol. The van der Waals surface area contributed by atoms with E-state index in [1.165, 1.54) is 6.92 Å². The highest BCUT2D eigenvalue weighted by atomic mass is 16.4. The number of aliphatic carboxylic acids is 1. The Morgan fingerprint density at radius 1 is 1.17 bits per heavy atom. The number of carbonyl (C=O) groups is 4. The molecule has 2 amide bonds. The summed E-state index contributed by atoms with van der Waals surface area (Å²) in [6.45, 7) is 6.56. The Morgan fingerprint density at radius 2 is 1.74 bits per heavy atom. The zero-order valence-corrected chi connectivity index (χ0v) is 14.1. The Bertz CT molecular complexity index is 457. The van der Waals surface area contributed by atoms with Gasteiger partial charge in [-0.05, 0) is 25.2 Å². The fourth-order valence-corrected chi connectivity index (χ4v) is 1.86. The summed E-state index contributed by atoms with van der Waals surface area (Å²) >= 11 is 0. The Kier molecular flexibility index (Phi) is 8.45. The van der Waals surface area contributed by atoms with Crippen LogP contribution in [0.5, 0.6) is 0 Å². The van der Waals surface area contributed by atoms with Gasteiger partial charge in [-0.3, -0.25) is 19.2 Å². The number of carboxylic acid groups (broad SMARTS) is 1. The van der Waals surface area contributed by atoms with Crippen LogP contribution >= 0.6 is 0 Å². The highest BCUT2D eigenvalue weighted by Crippen LogP contribution is 2.21. The molecule has 0 bridgehead atoms. The molecule has 23 heavy (non-hydrogen) atoms. The highest BCUT2D eigenvalue weighted by molar-refractivity contribution is 5.89. The Balaban J connectivity index is 4.68. The van der Waals surface area contributed by atoms with E-state index in [-0.39, 0.29) is 24.0 Å². The summed E-state index contributed by atoms with van der Waals surface area (Å²) in [5.74, 6) is -2.32. The van der Waals surface area contributed by atoms with Crippen LogP contribution in [0.3, 0.4) is 0 Å². The van der Waals surface area contributed by atoms with Gasteiger partial charge in [-0.25, -0.2) is 0 Å².